The molecule has 2 aromatic rings. The number of ether oxygens (including phenoxy) is 1. The van der Waals surface area contributed by atoms with Crippen molar-refractivity contribution < 1.29 is 4.74 Å². The van der Waals surface area contributed by atoms with Crippen molar-refractivity contribution in [3.05, 3.63) is 40.5 Å². The van der Waals surface area contributed by atoms with E-state index in [0.717, 1.165) is 21.5 Å². The minimum absolute atomic E-state index is 0.595. The number of hydrogen-bond acceptors (Lipinski definition) is 4. The smallest absolute Gasteiger partial charge is 0.153 e. The highest BCUT2D eigenvalue weighted by atomic mass is 79.9. The molecular formula is C13H14BrN3O. The molecule has 0 amide bonds. The van der Waals surface area contributed by atoms with E-state index in [-0.39, 0.29) is 0 Å². The number of methoxy groups -OCH3 is 1. The van der Waals surface area contributed by atoms with Gasteiger partial charge in [-0.2, -0.15) is 0 Å². The molecule has 3 N–H and O–H groups in total. The summed E-state index contributed by atoms with van der Waals surface area (Å²) in [6, 6.07) is 7.63. The first-order valence-corrected chi connectivity index (χ1v) is 6.22. The lowest BCUT2D eigenvalue weighted by Crippen LogP contribution is -1.99. The summed E-state index contributed by atoms with van der Waals surface area (Å²) in [6.07, 6.45) is 1.70. The van der Waals surface area contributed by atoms with E-state index in [0.29, 0.717) is 11.5 Å². The van der Waals surface area contributed by atoms with Gasteiger partial charge in [0.15, 0.2) is 5.82 Å². The highest BCUT2D eigenvalue weighted by Gasteiger charge is 2.04. The van der Waals surface area contributed by atoms with Crippen LogP contribution in [0.2, 0.25) is 0 Å². The molecule has 0 aliphatic rings. The van der Waals surface area contributed by atoms with Crippen LogP contribution in [0.1, 0.15) is 5.56 Å². The Bertz CT molecular complexity index is 572. The normalized spacial score (nSPS) is 10.2. The van der Waals surface area contributed by atoms with Crippen molar-refractivity contribution in [1.82, 2.24) is 4.98 Å². The number of anilines is 3. The van der Waals surface area contributed by atoms with Gasteiger partial charge in [-0.15, -0.1) is 0 Å². The molecule has 0 aliphatic heterocycles. The molecule has 1 aromatic heterocycles. The number of rotatable bonds is 3. The summed E-state index contributed by atoms with van der Waals surface area (Å²) in [4.78, 5) is 4.23. The first-order valence-electron chi connectivity index (χ1n) is 5.43. The third-order valence-corrected chi connectivity index (χ3v) is 2.98. The van der Waals surface area contributed by atoms with Crippen molar-refractivity contribution in [2.75, 3.05) is 18.2 Å². The molecule has 1 aromatic carbocycles. The number of aromatic nitrogens is 1. The molecule has 94 valence electrons. The van der Waals surface area contributed by atoms with Crippen LogP contribution in [0.4, 0.5) is 17.2 Å². The van der Waals surface area contributed by atoms with E-state index in [2.05, 4.69) is 26.2 Å². The maximum Gasteiger partial charge on any atom is 0.153 e. The number of benzene rings is 1. The molecule has 0 spiro atoms. The van der Waals surface area contributed by atoms with Crippen molar-refractivity contribution in [2.24, 2.45) is 0 Å². The monoisotopic (exact) mass is 307 g/mol. The van der Waals surface area contributed by atoms with E-state index >= 15 is 0 Å². The predicted octanol–water partition coefficient (Wildman–Crippen LogP) is 3.49. The second-order valence-electron chi connectivity index (χ2n) is 3.90. The van der Waals surface area contributed by atoms with Gasteiger partial charge in [-0.05, 0) is 52.7 Å². The van der Waals surface area contributed by atoms with Crippen LogP contribution >= 0.6 is 15.9 Å². The van der Waals surface area contributed by atoms with Gasteiger partial charge in [-0.3, -0.25) is 0 Å². The fourth-order valence-electron chi connectivity index (χ4n) is 1.65. The van der Waals surface area contributed by atoms with Gasteiger partial charge in [-0.1, -0.05) is 0 Å². The minimum Gasteiger partial charge on any atom is -0.496 e. The minimum atomic E-state index is 0.595. The molecule has 0 fully saturated rings. The summed E-state index contributed by atoms with van der Waals surface area (Å²) in [7, 11) is 1.66. The highest BCUT2D eigenvalue weighted by Crippen LogP contribution is 2.26. The third-order valence-electron chi connectivity index (χ3n) is 2.54. The first-order chi connectivity index (χ1) is 8.60. The van der Waals surface area contributed by atoms with Crippen molar-refractivity contribution in [2.45, 2.75) is 6.92 Å². The molecule has 0 unspecified atom stereocenters. The number of nitrogens with two attached hydrogens (primary N) is 1. The number of nitrogens with one attached hydrogen (secondary N) is 1. The Balaban J connectivity index is 2.26. The van der Waals surface area contributed by atoms with Crippen molar-refractivity contribution in [3.8, 4) is 5.75 Å². The lowest BCUT2D eigenvalue weighted by molar-refractivity contribution is 0.412. The molecule has 1 heterocycles. The Morgan fingerprint density at radius 1 is 1.33 bits per heavy atom. The van der Waals surface area contributed by atoms with Gasteiger partial charge in [-0.25, -0.2) is 4.98 Å². The fourth-order valence-corrected chi connectivity index (χ4v) is 2.00. The molecule has 18 heavy (non-hydrogen) atoms. The van der Waals surface area contributed by atoms with Gasteiger partial charge in [0.2, 0.25) is 0 Å². The van der Waals surface area contributed by atoms with Crippen LogP contribution in [0.3, 0.4) is 0 Å². The van der Waals surface area contributed by atoms with Crippen molar-refractivity contribution >= 4 is 33.1 Å². The van der Waals surface area contributed by atoms with Crippen LogP contribution in [-0.4, -0.2) is 12.1 Å². The molecule has 0 aliphatic carbocycles. The van der Waals surface area contributed by atoms with E-state index in [1.807, 2.05) is 31.2 Å². The highest BCUT2D eigenvalue weighted by molar-refractivity contribution is 9.10. The summed E-state index contributed by atoms with van der Waals surface area (Å²) in [5, 5.41) is 3.18. The first kappa shape index (κ1) is 12.7. The predicted molar refractivity (Wildman–Crippen MR) is 77.4 cm³/mol. The van der Waals surface area contributed by atoms with Crippen molar-refractivity contribution in [1.29, 1.82) is 0 Å². The molecule has 0 radical (unpaired) electrons. The van der Waals surface area contributed by atoms with Crippen LogP contribution in [-0.2, 0) is 0 Å². The second kappa shape index (κ2) is 5.27. The summed E-state index contributed by atoms with van der Waals surface area (Å²) in [5.74, 6) is 1.50. The maximum absolute atomic E-state index is 5.88. The number of nitrogen functional groups attached to an aromatic ring is 1. The zero-order valence-corrected chi connectivity index (χ0v) is 11.8. The van der Waals surface area contributed by atoms with Gasteiger partial charge in [0.25, 0.3) is 0 Å². The average Bonchev–Trinajstić information content (AvgIpc) is 2.33. The maximum atomic E-state index is 5.88. The quantitative estimate of drug-likeness (QED) is 0.911. The average molecular weight is 308 g/mol. The standard InChI is InChI=1S/C13H14BrN3O/c1-8-5-10(3-4-12(8)18-2)17-13-11(15)6-9(14)7-16-13/h3-7H,15H2,1-2H3,(H,16,17). The SMILES string of the molecule is COc1ccc(Nc2ncc(Br)cc2N)cc1C. The van der Waals surface area contributed by atoms with Crippen LogP contribution in [0, 0.1) is 6.92 Å². The Morgan fingerprint density at radius 2 is 2.11 bits per heavy atom. The molecule has 0 bridgehead atoms. The van der Waals surface area contributed by atoms with Gasteiger partial charge in [0, 0.05) is 16.4 Å². The number of aryl methyl sites for hydroxylation is 1. The Kier molecular flexibility index (Phi) is 3.72. The molecular weight excluding hydrogens is 294 g/mol. The van der Waals surface area contributed by atoms with E-state index in [1.54, 1.807) is 13.3 Å². The van der Waals surface area contributed by atoms with Crippen LogP contribution in [0.5, 0.6) is 5.75 Å². The third kappa shape index (κ3) is 2.73. The Morgan fingerprint density at radius 3 is 2.72 bits per heavy atom. The molecule has 0 saturated carbocycles. The molecule has 0 atom stereocenters. The molecule has 5 heteroatoms. The summed E-state index contributed by atoms with van der Waals surface area (Å²) in [6.45, 7) is 1.99. The van der Waals surface area contributed by atoms with E-state index in [9.17, 15) is 0 Å². The largest absolute Gasteiger partial charge is 0.496 e. The molecule has 2 rings (SSSR count). The summed E-state index contributed by atoms with van der Waals surface area (Å²) in [5.41, 5.74) is 8.46. The molecule has 0 saturated heterocycles. The van der Waals surface area contributed by atoms with Crippen molar-refractivity contribution in [3.63, 3.8) is 0 Å². The molecule has 4 nitrogen and oxygen atoms in total. The fraction of sp³-hybridized carbons (Fsp3) is 0.154. The second-order valence-corrected chi connectivity index (χ2v) is 4.82. The number of pyridine rings is 1. The van der Waals surface area contributed by atoms with Gasteiger partial charge in [0.1, 0.15) is 5.75 Å². The zero-order chi connectivity index (χ0) is 13.1. The summed E-state index contributed by atoms with van der Waals surface area (Å²) >= 11 is 3.33. The van der Waals surface area contributed by atoms with E-state index < -0.39 is 0 Å². The van der Waals surface area contributed by atoms with Crippen LogP contribution in [0.25, 0.3) is 0 Å². The van der Waals surface area contributed by atoms with E-state index in [1.165, 1.54) is 0 Å². The van der Waals surface area contributed by atoms with E-state index in [4.69, 9.17) is 10.5 Å². The number of hydrogen-bond donors (Lipinski definition) is 2. The van der Waals surface area contributed by atoms with Gasteiger partial charge in [0.05, 0.1) is 12.8 Å². The lowest BCUT2D eigenvalue weighted by Gasteiger charge is -2.11. The topological polar surface area (TPSA) is 60.2 Å². The number of halogens is 1. The van der Waals surface area contributed by atoms with Crippen LogP contribution < -0.4 is 15.8 Å². The van der Waals surface area contributed by atoms with Gasteiger partial charge < -0.3 is 15.8 Å². The Hall–Kier alpha value is -1.75. The van der Waals surface area contributed by atoms with Gasteiger partial charge >= 0.3 is 0 Å². The lowest BCUT2D eigenvalue weighted by atomic mass is 10.2. The number of nitrogens with zero attached hydrogens (tertiary/aromatic N) is 1. The zero-order valence-electron chi connectivity index (χ0n) is 10.2. The summed E-state index contributed by atoms with van der Waals surface area (Å²) < 4.78 is 6.07. The van der Waals surface area contributed by atoms with Crippen LogP contribution in [0.15, 0.2) is 34.9 Å². The Labute approximate surface area is 114 Å².